The Hall–Kier alpha value is -1.98. The van der Waals surface area contributed by atoms with E-state index in [1.807, 2.05) is 24.5 Å². The number of hydrogen-bond acceptors (Lipinski definition) is 3. The molecule has 0 amide bonds. The van der Waals surface area contributed by atoms with Gasteiger partial charge in [0.25, 0.3) is 0 Å². The van der Waals surface area contributed by atoms with Crippen molar-refractivity contribution in [3.63, 3.8) is 0 Å². The van der Waals surface area contributed by atoms with E-state index in [2.05, 4.69) is 14.5 Å². The van der Waals surface area contributed by atoms with E-state index in [9.17, 15) is 4.39 Å². The van der Waals surface area contributed by atoms with Crippen molar-refractivity contribution in [3.8, 4) is 11.1 Å². The van der Waals surface area contributed by atoms with Crippen LogP contribution >= 0.6 is 11.6 Å². The van der Waals surface area contributed by atoms with Crippen molar-refractivity contribution in [1.29, 1.82) is 0 Å². The summed E-state index contributed by atoms with van der Waals surface area (Å²) in [6.45, 7) is 2.57. The minimum Gasteiger partial charge on any atom is -0.381 e. The van der Waals surface area contributed by atoms with Crippen LogP contribution in [0.1, 0.15) is 12.8 Å². The van der Waals surface area contributed by atoms with E-state index in [0.717, 1.165) is 49.2 Å². The number of rotatable bonds is 3. The Kier molecular flexibility index (Phi) is 4.21. The van der Waals surface area contributed by atoms with Crippen LogP contribution in [0, 0.1) is 11.9 Å². The molecule has 3 aromatic rings. The molecule has 0 N–H and O–H groups in total. The van der Waals surface area contributed by atoms with E-state index in [1.54, 1.807) is 0 Å². The number of imidazole rings is 1. The molecule has 3 heterocycles. The van der Waals surface area contributed by atoms with Gasteiger partial charge in [-0.25, -0.2) is 9.97 Å². The maximum atomic E-state index is 13.5. The zero-order chi connectivity index (χ0) is 16.5. The van der Waals surface area contributed by atoms with Crippen LogP contribution < -0.4 is 0 Å². The zero-order valence-corrected chi connectivity index (χ0v) is 13.8. The Balaban J connectivity index is 1.71. The summed E-state index contributed by atoms with van der Waals surface area (Å²) in [6.07, 6.45) is 5.36. The molecule has 1 aliphatic heterocycles. The van der Waals surface area contributed by atoms with Gasteiger partial charge in [0, 0.05) is 37.6 Å². The van der Waals surface area contributed by atoms with E-state index in [0.29, 0.717) is 16.5 Å². The molecule has 0 bridgehead atoms. The third-order valence-corrected chi connectivity index (χ3v) is 4.85. The standard InChI is InChI=1S/C18H17ClFN3O/c19-15-9-21-18(20)8-14(15)13-1-2-16-17(7-13)23(11-22-16)10-12-3-5-24-6-4-12/h1-2,7-9,11-12H,3-6,10H2. The molecule has 1 saturated heterocycles. The molecule has 1 fully saturated rings. The van der Waals surface area contributed by atoms with Crippen molar-refractivity contribution in [1.82, 2.24) is 14.5 Å². The van der Waals surface area contributed by atoms with E-state index in [4.69, 9.17) is 16.3 Å². The highest BCUT2D eigenvalue weighted by Gasteiger charge is 2.16. The second kappa shape index (κ2) is 6.49. The summed E-state index contributed by atoms with van der Waals surface area (Å²) in [5.74, 6) is 0.0620. The molecule has 0 atom stereocenters. The molecule has 6 heteroatoms. The van der Waals surface area contributed by atoms with Crippen LogP contribution in [-0.2, 0) is 11.3 Å². The number of pyridine rings is 1. The first-order valence-electron chi connectivity index (χ1n) is 8.05. The van der Waals surface area contributed by atoms with Crippen molar-refractivity contribution in [2.75, 3.05) is 13.2 Å². The quantitative estimate of drug-likeness (QED) is 0.664. The lowest BCUT2D eigenvalue weighted by Gasteiger charge is -2.22. The lowest BCUT2D eigenvalue weighted by Crippen LogP contribution is -2.20. The molecule has 2 aromatic heterocycles. The minimum atomic E-state index is -0.537. The van der Waals surface area contributed by atoms with Crippen molar-refractivity contribution in [2.45, 2.75) is 19.4 Å². The summed E-state index contributed by atoms with van der Waals surface area (Å²) in [6, 6.07) is 7.24. The number of halogens is 2. The largest absolute Gasteiger partial charge is 0.381 e. The van der Waals surface area contributed by atoms with Crippen molar-refractivity contribution in [3.05, 3.63) is 47.8 Å². The van der Waals surface area contributed by atoms with E-state index < -0.39 is 5.95 Å². The number of benzene rings is 1. The maximum absolute atomic E-state index is 13.5. The third-order valence-electron chi connectivity index (χ3n) is 4.55. The maximum Gasteiger partial charge on any atom is 0.213 e. The highest BCUT2D eigenvalue weighted by molar-refractivity contribution is 6.33. The van der Waals surface area contributed by atoms with E-state index >= 15 is 0 Å². The Morgan fingerprint density at radius 1 is 1.21 bits per heavy atom. The molecule has 24 heavy (non-hydrogen) atoms. The fourth-order valence-corrected chi connectivity index (χ4v) is 3.42. The van der Waals surface area contributed by atoms with Crippen molar-refractivity contribution in [2.24, 2.45) is 5.92 Å². The van der Waals surface area contributed by atoms with Crippen LogP contribution in [0.4, 0.5) is 4.39 Å². The Morgan fingerprint density at radius 2 is 2.04 bits per heavy atom. The van der Waals surface area contributed by atoms with Gasteiger partial charge in [0.2, 0.25) is 5.95 Å². The number of hydrogen-bond donors (Lipinski definition) is 0. The van der Waals surface area contributed by atoms with Crippen LogP contribution in [0.2, 0.25) is 5.02 Å². The second-order valence-corrected chi connectivity index (χ2v) is 6.55. The first-order chi connectivity index (χ1) is 11.7. The smallest absolute Gasteiger partial charge is 0.213 e. The number of fused-ring (bicyclic) bond motifs is 1. The molecule has 0 saturated carbocycles. The van der Waals surface area contributed by atoms with Crippen LogP contribution in [-0.4, -0.2) is 27.7 Å². The van der Waals surface area contributed by atoms with Crippen molar-refractivity contribution >= 4 is 22.6 Å². The Morgan fingerprint density at radius 3 is 2.88 bits per heavy atom. The molecule has 1 aromatic carbocycles. The molecule has 0 radical (unpaired) electrons. The summed E-state index contributed by atoms with van der Waals surface area (Å²) in [5.41, 5.74) is 3.47. The third kappa shape index (κ3) is 3.01. The Labute approximate surface area is 144 Å². The van der Waals surface area contributed by atoms with Gasteiger partial charge in [-0.3, -0.25) is 0 Å². The average molecular weight is 346 g/mol. The first kappa shape index (κ1) is 15.5. The molecule has 124 valence electrons. The zero-order valence-electron chi connectivity index (χ0n) is 13.1. The SMILES string of the molecule is Fc1cc(-c2ccc3ncn(CC4CCOCC4)c3c2)c(Cl)cn1. The molecule has 0 spiro atoms. The van der Waals surface area contributed by atoms with Gasteiger partial charge in [0.1, 0.15) is 0 Å². The number of aromatic nitrogens is 3. The summed E-state index contributed by atoms with van der Waals surface area (Å²) in [4.78, 5) is 8.06. The number of nitrogens with zero attached hydrogens (tertiary/aromatic N) is 3. The average Bonchev–Trinajstić information content (AvgIpc) is 3.00. The second-order valence-electron chi connectivity index (χ2n) is 6.14. The predicted octanol–water partition coefficient (Wildman–Crippen LogP) is 4.32. The summed E-state index contributed by atoms with van der Waals surface area (Å²) >= 11 is 6.19. The monoisotopic (exact) mass is 345 g/mol. The van der Waals surface area contributed by atoms with E-state index in [1.165, 1.54) is 12.3 Å². The highest BCUT2D eigenvalue weighted by Crippen LogP contribution is 2.30. The van der Waals surface area contributed by atoms with Gasteiger partial charge < -0.3 is 9.30 Å². The fourth-order valence-electron chi connectivity index (χ4n) is 3.21. The van der Waals surface area contributed by atoms with Crippen LogP contribution in [0.3, 0.4) is 0 Å². The topological polar surface area (TPSA) is 39.9 Å². The molecule has 0 unspecified atom stereocenters. The molecular formula is C18H17ClFN3O. The molecule has 1 aliphatic rings. The van der Waals surface area contributed by atoms with Gasteiger partial charge in [-0.2, -0.15) is 4.39 Å². The van der Waals surface area contributed by atoms with Crippen molar-refractivity contribution < 1.29 is 9.13 Å². The van der Waals surface area contributed by atoms with Gasteiger partial charge in [-0.05, 0) is 36.5 Å². The van der Waals surface area contributed by atoms with E-state index in [-0.39, 0.29) is 0 Å². The molecule has 4 nitrogen and oxygen atoms in total. The van der Waals surface area contributed by atoms with Gasteiger partial charge >= 0.3 is 0 Å². The van der Waals surface area contributed by atoms with Crippen LogP contribution in [0.25, 0.3) is 22.2 Å². The molecular weight excluding hydrogens is 329 g/mol. The Bertz CT molecular complexity index is 874. The van der Waals surface area contributed by atoms with Crippen LogP contribution in [0.5, 0.6) is 0 Å². The van der Waals surface area contributed by atoms with Gasteiger partial charge in [-0.15, -0.1) is 0 Å². The number of ether oxygens (including phenoxy) is 1. The minimum absolute atomic E-state index is 0.436. The lowest BCUT2D eigenvalue weighted by molar-refractivity contribution is 0.0616. The predicted molar refractivity (Wildman–Crippen MR) is 91.5 cm³/mol. The van der Waals surface area contributed by atoms with Gasteiger partial charge in [0.05, 0.1) is 22.4 Å². The highest BCUT2D eigenvalue weighted by atomic mass is 35.5. The van der Waals surface area contributed by atoms with Gasteiger partial charge in [-0.1, -0.05) is 17.7 Å². The summed E-state index contributed by atoms with van der Waals surface area (Å²) in [5, 5.41) is 0.436. The molecule has 4 rings (SSSR count). The first-order valence-corrected chi connectivity index (χ1v) is 8.42. The summed E-state index contributed by atoms with van der Waals surface area (Å²) in [7, 11) is 0. The van der Waals surface area contributed by atoms with Crippen LogP contribution in [0.15, 0.2) is 36.8 Å². The lowest BCUT2D eigenvalue weighted by atomic mass is 10.00. The normalized spacial score (nSPS) is 15.9. The van der Waals surface area contributed by atoms with Gasteiger partial charge in [0.15, 0.2) is 0 Å². The fraction of sp³-hybridized carbons (Fsp3) is 0.333. The summed E-state index contributed by atoms with van der Waals surface area (Å²) < 4.78 is 21.1. The molecule has 0 aliphatic carbocycles.